The van der Waals surface area contributed by atoms with Crippen molar-refractivity contribution in [2.75, 3.05) is 6.54 Å². The normalized spacial score (nSPS) is 15.8. The van der Waals surface area contributed by atoms with Crippen LogP contribution in [0, 0.1) is 5.82 Å². The smallest absolute Gasteiger partial charge is 0.243 e. The summed E-state index contributed by atoms with van der Waals surface area (Å²) in [6, 6.07) is 13.1. The molecule has 1 aliphatic rings. The van der Waals surface area contributed by atoms with Gasteiger partial charge < -0.3 is 5.32 Å². The van der Waals surface area contributed by atoms with Gasteiger partial charge in [0, 0.05) is 29.8 Å². The zero-order chi connectivity index (χ0) is 22.9. The quantitative estimate of drug-likeness (QED) is 0.477. The molecule has 3 aromatic rings. The SMILES string of the molecule is Cn1cc(S(=O)(=O)NCC(NC(=O)C2(c3c(F)cccc3Br)CC2)c2ccccc2)cn1. The molecule has 10 heteroatoms. The van der Waals surface area contributed by atoms with Crippen LogP contribution in [0.5, 0.6) is 0 Å². The van der Waals surface area contributed by atoms with Crippen LogP contribution in [0.1, 0.15) is 30.0 Å². The van der Waals surface area contributed by atoms with Crippen molar-refractivity contribution in [2.45, 2.75) is 29.2 Å². The summed E-state index contributed by atoms with van der Waals surface area (Å²) in [6.45, 7) is -0.0680. The molecule has 1 atom stereocenters. The van der Waals surface area contributed by atoms with Crippen LogP contribution in [0.25, 0.3) is 0 Å². The minimum absolute atomic E-state index is 0.0343. The van der Waals surface area contributed by atoms with Crippen LogP contribution in [-0.4, -0.2) is 30.7 Å². The molecule has 1 aliphatic carbocycles. The second-order valence-corrected chi connectivity index (χ2v) is 10.4. The standard InChI is InChI=1S/C22H22BrFN4O3S/c1-28-14-16(12-25-28)32(30,31)26-13-19(15-6-3-2-4-7-15)27-21(29)22(10-11-22)20-17(23)8-5-9-18(20)24/h2-9,12,14,19,26H,10-11,13H2,1H3,(H,27,29). The van der Waals surface area contributed by atoms with E-state index in [0.29, 0.717) is 22.9 Å². The Morgan fingerprint density at radius 1 is 1.22 bits per heavy atom. The van der Waals surface area contributed by atoms with Crippen molar-refractivity contribution in [3.05, 3.63) is 82.3 Å². The minimum Gasteiger partial charge on any atom is -0.347 e. The molecule has 7 nitrogen and oxygen atoms in total. The van der Waals surface area contributed by atoms with Gasteiger partial charge in [-0.15, -0.1) is 0 Å². The maximum atomic E-state index is 14.6. The molecule has 1 amide bonds. The number of hydrogen-bond acceptors (Lipinski definition) is 4. The number of carbonyl (C=O) groups excluding carboxylic acids is 1. The second kappa shape index (κ2) is 8.76. The highest BCUT2D eigenvalue weighted by Crippen LogP contribution is 2.51. The predicted molar refractivity (Wildman–Crippen MR) is 121 cm³/mol. The van der Waals surface area contributed by atoms with Gasteiger partial charge in [0.25, 0.3) is 0 Å². The summed E-state index contributed by atoms with van der Waals surface area (Å²) in [7, 11) is -2.19. The van der Waals surface area contributed by atoms with Gasteiger partial charge in [0.2, 0.25) is 15.9 Å². The number of carbonyl (C=O) groups is 1. The molecule has 2 aromatic carbocycles. The average Bonchev–Trinajstić information content (AvgIpc) is 3.44. The maximum absolute atomic E-state index is 14.6. The number of sulfonamides is 1. The third kappa shape index (κ3) is 4.48. The summed E-state index contributed by atoms with van der Waals surface area (Å²) in [5.41, 5.74) is 0.0952. The van der Waals surface area contributed by atoms with Crippen molar-refractivity contribution in [3.8, 4) is 0 Å². The lowest BCUT2D eigenvalue weighted by Gasteiger charge is -2.24. The van der Waals surface area contributed by atoms with Crippen LogP contribution in [0.15, 0.2) is 70.3 Å². The van der Waals surface area contributed by atoms with Crippen molar-refractivity contribution in [2.24, 2.45) is 7.05 Å². The largest absolute Gasteiger partial charge is 0.347 e. The van der Waals surface area contributed by atoms with Crippen LogP contribution < -0.4 is 10.0 Å². The predicted octanol–water partition coefficient (Wildman–Crippen LogP) is 3.19. The number of nitrogens with one attached hydrogen (secondary N) is 2. The molecule has 0 aliphatic heterocycles. The Labute approximate surface area is 194 Å². The van der Waals surface area contributed by atoms with Crippen molar-refractivity contribution in [1.82, 2.24) is 19.8 Å². The van der Waals surface area contributed by atoms with E-state index in [2.05, 4.69) is 31.1 Å². The van der Waals surface area contributed by atoms with E-state index in [0.717, 1.165) is 5.56 Å². The fraction of sp³-hybridized carbons (Fsp3) is 0.273. The molecular formula is C22H22BrFN4O3S. The van der Waals surface area contributed by atoms with E-state index >= 15 is 0 Å². The van der Waals surface area contributed by atoms with Gasteiger partial charge in [-0.1, -0.05) is 52.3 Å². The van der Waals surface area contributed by atoms with Crippen molar-refractivity contribution >= 4 is 31.9 Å². The van der Waals surface area contributed by atoms with E-state index in [4.69, 9.17) is 0 Å². The molecular weight excluding hydrogens is 499 g/mol. The topological polar surface area (TPSA) is 93.1 Å². The number of nitrogens with zero attached hydrogens (tertiary/aromatic N) is 2. The second-order valence-electron chi connectivity index (χ2n) is 7.82. The molecule has 0 radical (unpaired) electrons. The first-order valence-electron chi connectivity index (χ1n) is 10.0. The molecule has 0 spiro atoms. The number of aromatic nitrogens is 2. The molecule has 32 heavy (non-hydrogen) atoms. The Morgan fingerprint density at radius 3 is 2.53 bits per heavy atom. The van der Waals surface area contributed by atoms with E-state index in [-0.39, 0.29) is 17.3 Å². The summed E-state index contributed by atoms with van der Waals surface area (Å²) in [5, 5.41) is 6.84. The Morgan fingerprint density at radius 2 is 1.94 bits per heavy atom. The Kier molecular flexibility index (Phi) is 6.19. The van der Waals surface area contributed by atoms with E-state index in [9.17, 15) is 17.6 Å². The van der Waals surface area contributed by atoms with Crippen molar-refractivity contribution in [3.63, 3.8) is 0 Å². The summed E-state index contributed by atoms with van der Waals surface area (Å²) < 4.78 is 44.4. The molecule has 1 aromatic heterocycles. The Balaban J connectivity index is 1.57. The summed E-state index contributed by atoms with van der Waals surface area (Å²) in [4.78, 5) is 13.4. The average molecular weight is 521 g/mol. The highest BCUT2D eigenvalue weighted by Gasteiger charge is 2.54. The lowest BCUT2D eigenvalue weighted by Crippen LogP contribution is -2.42. The van der Waals surface area contributed by atoms with Gasteiger partial charge in [-0.25, -0.2) is 17.5 Å². The minimum atomic E-state index is -3.82. The third-order valence-electron chi connectivity index (χ3n) is 5.60. The van der Waals surface area contributed by atoms with Gasteiger partial charge in [-0.2, -0.15) is 5.10 Å². The van der Waals surface area contributed by atoms with E-state index < -0.39 is 27.3 Å². The number of halogens is 2. The van der Waals surface area contributed by atoms with Gasteiger partial charge in [-0.05, 0) is 30.5 Å². The molecule has 0 saturated heterocycles. The monoisotopic (exact) mass is 520 g/mol. The number of hydrogen-bond donors (Lipinski definition) is 2. The van der Waals surface area contributed by atoms with E-state index in [1.165, 1.54) is 23.1 Å². The van der Waals surface area contributed by atoms with Crippen molar-refractivity contribution in [1.29, 1.82) is 0 Å². The van der Waals surface area contributed by atoms with Gasteiger partial charge in [0.15, 0.2) is 0 Å². The number of rotatable bonds is 8. The first kappa shape index (κ1) is 22.6. The molecule has 168 valence electrons. The van der Waals surface area contributed by atoms with Crippen LogP contribution in [0.3, 0.4) is 0 Å². The molecule has 1 fully saturated rings. The summed E-state index contributed by atoms with van der Waals surface area (Å²) in [5.74, 6) is -0.779. The van der Waals surface area contributed by atoms with Crippen LogP contribution in [0.2, 0.25) is 0 Å². The van der Waals surface area contributed by atoms with Crippen LogP contribution in [0.4, 0.5) is 4.39 Å². The zero-order valence-corrected chi connectivity index (χ0v) is 19.7. The molecule has 0 bridgehead atoms. The van der Waals surface area contributed by atoms with Crippen LogP contribution in [-0.2, 0) is 27.3 Å². The fourth-order valence-corrected chi connectivity index (χ4v) is 5.47. The van der Waals surface area contributed by atoms with Crippen molar-refractivity contribution < 1.29 is 17.6 Å². The van der Waals surface area contributed by atoms with E-state index in [1.807, 2.05) is 30.3 Å². The Hall–Kier alpha value is -2.56. The fourth-order valence-electron chi connectivity index (χ4n) is 3.72. The van der Waals surface area contributed by atoms with E-state index in [1.54, 1.807) is 19.2 Å². The molecule has 1 unspecified atom stereocenters. The highest BCUT2D eigenvalue weighted by atomic mass is 79.9. The lowest BCUT2D eigenvalue weighted by molar-refractivity contribution is -0.124. The first-order chi connectivity index (χ1) is 15.2. The van der Waals surface area contributed by atoms with Crippen LogP contribution >= 0.6 is 15.9 Å². The van der Waals surface area contributed by atoms with Gasteiger partial charge in [-0.3, -0.25) is 9.48 Å². The Bertz CT molecular complexity index is 1220. The third-order valence-corrected chi connectivity index (χ3v) is 7.64. The molecule has 4 rings (SSSR count). The lowest BCUT2D eigenvalue weighted by atomic mass is 9.93. The molecule has 2 N–H and O–H groups in total. The van der Waals surface area contributed by atoms with Gasteiger partial charge >= 0.3 is 0 Å². The first-order valence-corrected chi connectivity index (χ1v) is 12.3. The molecule has 1 heterocycles. The highest BCUT2D eigenvalue weighted by molar-refractivity contribution is 9.10. The number of benzene rings is 2. The van der Waals surface area contributed by atoms with Gasteiger partial charge in [0.1, 0.15) is 10.7 Å². The number of amides is 1. The summed E-state index contributed by atoms with van der Waals surface area (Å²) >= 11 is 3.37. The van der Waals surface area contributed by atoms with Gasteiger partial charge in [0.05, 0.1) is 17.7 Å². The number of aryl methyl sites for hydroxylation is 1. The molecule has 1 saturated carbocycles. The summed E-state index contributed by atoms with van der Waals surface area (Å²) in [6.07, 6.45) is 3.68. The maximum Gasteiger partial charge on any atom is 0.243 e. The zero-order valence-electron chi connectivity index (χ0n) is 17.3.